The second kappa shape index (κ2) is 9.24. The van der Waals surface area contributed by atoms with E-state index in [1.165, 1.54) is 36.4 Å². The number of rotatable bonds is 5. The molecule has 4 aromatic rings. The van der Waals surface area contributed by atoms with E-state index in [9.17, 15) is 24.5 Å². The lowest BCUT2D eigenvalue weighted by Crippen LogP contribution is -2.57. The van der Waals surface area contributed by atoms with Crippen LogP contribution in [0.5, 0.6) is 0 Å². The van der Waals surface area contributed by atoms with Crippen molar-refractivity contribution in [3.63, 3.8) is 0 Å². The van der Waals surface area contributed by atoms with Crippen LogP contribution in [0.25, 0.3) is 0 Å². The maximum Gasteiger partial charge on any atom is 0.338 e. The second-order valence-electron chi connectivity index (χ2n) is 10.5. The van der Waals surface area contributed by atoms with Crippen molar-refractivity contribution in [2.24, 2.45) is 11.8 Å². The van der Waals surface area contributed by atoms with Gasteiger partial charge >= 0.3 is 5.97 Å². The van der Waals surface area contributed by atoms with Crippen molar-refractivity contribution < 1.29 is 24.0 Å². The molecule has 0 aromatic heterocycles. The number of carbonyl (C=O) groups is 3. The van der Waals surface area contributed by atoms with E-state index in [1.807, 2.05) is 48.5 Å². The summed E-state index contributed by atoms with van der Waals surface area (Å²) >= 11 is 14.9. The third-order valence-electron chi connectivity index (χ3n) is 8.44. The Morgan fingerprint density at radius 2 is 1.29 bits per heavy atom. The smallest absolute Gasteiger partial charge is 0.338 e. The van der Waals surface area contributed by atoms with E-state index in [-0.39, 0.29) is 23.5 Å². The number of imide groups is 1. The fraction of sp³-hybridized carbons (Fsp3) is 0.156. The molecular formula is C32H20Cl2N2O6. The van der Waals surface area contributed by atoms with Crippen LogP contribution in [-0.2, 0) is 30.7 Å². The van der Waals surface area contributed by atoms with Crippen LogP contribution < -0.4 is 4.90 Å². The first-order chi connectivity index (χ1) is 20.2. The monoisotopic (exact) mass is 598 g/mol. The Bertz CT molecular complexity index is 1720. The van der Waals surface area contributed by atoms with Gasteiger partial charge in [-0.3, -0.25) is 19.7 Å². The summed E-state index contributed by atoms with van der Waals surface area (Å²) < 4.78 is 5.40. The van der Waals surface area contributed by atoms with E-state index in [4.69, 9.17) is 27.9 Å². The SMILES string of the molecule is O=C(OCc1ccc([N+](=O)[O-])cc1)c1cccc(N2C(=O)[C@@H]3[C@H](C2=O)C2(Cl)c4ccccc4C3(Cl)c3ccccc32)c1. The lowest BCUT2D eigenvalue weighted by molar-refractivity contribution is -0.384. The maximum atomic E-state index is 14.2. The largest absolute Gasteiger partial charge is 0.457 e. The lowest BCUT2D eigenvalue weighted by Gasteiger charge is -2.54. The van der Waals surface area contributed by atoms with Crippen molar-refractivity contribution in [1.82, 2.24) is 0 Å². The number of nitro benzene ring substituents is 1. The minimum atomic E-state index is -1.31. The number of amides is 2. The average molecular weight is 599 g/mol. The Hall–Kier alpha value is -4.53. The van der Waals surface area contributed by atoms with Crippen LogP contribution >= 0.6 is 23.2 Å². The highest BCUT2D eigenvalue weighted by Gasteiger charge is 2.73. The van der Waals surface area contributed by atoms with Gasteiger partial charge in [-0.15, -0.1) is 23.2 Å². The fourth-order valence-electron chi connectivity index (χ4n) is 6.64. The number of benzene rings is 4. The Labute approximate surface area is 249 Å². The zero-order valence-electron chi connectivity index (χ0n) is 21.7. The van der Waals surface area contributed by atoms with Gasteiger partial charge in [0.05, 0.1) is 28.0 Å². The van der Waals surface area contributed by atoms with Gasteiger partial charge in [-0.1, -0.05) is 54.6 Å². The molecule has 1 fully saturated rings. The molecule has 1 saturated heterocycles. The number of anilines is 1. The molecule has 3 aliphatic carbocycles. The van der Waals surface area contributed by atoms with Gasteiger partial charge in [0.15, 0.2) is 0 Å². The third kappa shape index (κ3) is 3.45. The molecule has 4 aliphatic rings. The first-order valence-electron chi connectivity index (χ1n) is 13.1. The molecule has 0 unspecified atom stereocenters. The van der Waals surface area contributed by atoms with Gasteiger partial charge in [-0.05, 0) is 58.1 Å². The molecule has 42 heavy (non-hydrogen) atoms. The highest BCUT2D eigenvalue weighted by molar-refractivity contribution is 6.38. The minimum Gasteiger partial charge on any atom is -0.457 e. The molecule has 0 N–H and O–H groups in total. The minimum absolute atomic E-state index is 0.0737. The molecule has 0 spiro atoms. The maximum absolute atomic E-state index is 14.2. The van der Waals surface area contributed by atoms with Crippen molar-refractivity contribution in [3.05, 3.63) is 141 Å². The van der Waals surface area contributed by atoms with E-state index < -0.39 is 44.3 Å². The van der Waals surface area contributed by atoms with Crippen LogP contribution in [0, 0.1) is 22.0 Å². The summed E-state index contributed by atoms with van der Waals surface area (Å²) in [4.78, 5) is 50.1. The van der Waals surface area contributed by atoms with Gasteiger partial charge in [0.2, 0.25) is 11.8 Å². The molecule has 1 heterocycles. The van der Waals surface area contributed by atoms with E-state index in [2.05, 4.69) is 0 Å². The highest BCUT2D eigenvalue weighted by atomic mass is 35.5. The van der Waals surface area contributed by atoms with Crippen molar-refractivity contribution in [3.8, 4) is 0 Å². The van der Waals surface area contributed by atoms with Gasteiger partial charge in [-0.2, -0.15) is 0 Å². The Morgan fingerprint density at radius 1 is 0.786 bits per heavy atom. The van der Waals surface area contributed by atoms with E-state index >= 15 is 0 Å². The van der Waals surface area contributed by atoms with Gasteiger partial charge < -0.3 is 4.74 Å². The molecule has 2 amide bonds. The Balaban J connectivity index is 1.22. The summed E-state index contributed by atoms with van der Waals surface area (Å²) in [6.45, 7) is -0.118. The standard InChI is InChI=1S/C32H20Cl2N2O6/c33-31-22-8-1-2-9-23(22)32(34,25-11-4-3-10-24(25)31)27-26(31)28(37)35(29(27)38)21-7-5-6-19(16-21)30(39)42-17-18-12-14-20(15-13-18)36(40)41/h1-16,26-27H,17H2/t26-,27+,31?,32?. The molecule has 208 valence electrons. The van der Waals surface area contributed by atoms with Gasteiger partial charge in [0, 0.05) is 12.1 Å². The van der Waals surface area contributed by atoms with Gasteiger partial charge in [0.1, 0.15) is 16.4 Å². The number of esters is 1. The predicted octanol–water partition coefficient (Wildman–Crippen LogP) is 6.05. The number of ether oxygens (including phenoxy) is 1. The summed E-state index contributed by atoms with van der Waals surface area (Å²) in [5, 5.41) is 10.9. The molecular weight excluding hydrogens is 579 g/mol. The Kier molecular flexibility index (Phi) is 5.80. The van der Waals surface area contributed by atoms with E-state index in [0.717, 1.165) is 4.90 Å². The number of nitrogens with zero attached hydrogens (tertiary/aromatic N) is 2. The van der Waals surface area contributed by atoms with Crippen LogP contribution in [0.2, 0.25) is 0 Å². The zero-order chi connectivity index (χ0) is 29.4. The fourth-order valence-corrected chi connectivity index (χ4v) is 7.74. The number of carbonyl (C=O) groups excluding carboxylic acids is 3. The molecule has 1 aliphatic heterocycles. The van der Waals surface area contributed by atoms with Crippen LogP contribution in [0.3, 0.4) is 0 Å². The molecule has 8 rings (SSSR count). The van der Waals surface area contributed by atoms with Crippen LogP contribution in [0.1, 0.15) is 38.2 Å². The van der Waals surface area contributed by atoms with Crippen LogP contribution in [0.15, 0.2) is 97.1 Å². The Morgan fingerprint density at radius 3 is 1.76 bits per heavy atom. The summed E-state index contributed by atoms with van der Waals surface area (Å²) in [5.74, 6) is -3.61. The number of halogens is 2. The second-order valence-corrected chi connectivity index (χ2v) is 11.7. The zero-order valence-corrected chi connectivity index (χ0v) is 23.2. The summed E-state index contributed by atoms with van der Waals surface area (Å²) in [5.41, 5.74) is 3.63. The van der Waals surface area contributed by atoms with Crippen LogP contribution in [-0.4, -0.2) is 22.7 Å². The summed E-state index contributed by atoms with van der Waals surface area (Å²) in [6.07, 6.45) is 0. The molecule has 8 nitrogen and oxygen atoms in total. The number of alkyl halides is 2. The predicted molar refractivity (Wildman–Crippen MR) is 154 cm³/mol. The number of hydrogen-bond acceptors (Lipinski definition) is 6. The molecule has 0 saturated carbocycles. The van der Waals surface area contributed by atoms with Gasteiger partial charge in [-0.25, -0.2) is 9.69 Å². The number of nitro groups is 1. The van der Waals surface area contributed by atoms with Crippen molar-refractivity contribution in [2.45, 2.75) is 16.4 Å². The lowest BCUT2D eigenvalue weighted by atomic mass is 9.54. The van der Waals surface area contributed by atoms with Gasteiger partial charge in [0.25, 0.3) is 5.69 Å². The molecule has 0 radical (unpaired) electrons. The number of hydrogen-bond donors (Lipinski definition) is 0. The first-order valence-corrected chi connectivity index (χ1v) is 13.9. The molecule has 2 bridgehead atoms. The number of non-ortho nitro benzene ring substituents is 1. The molecule has 2 atom stereocenters. The topological polar surface area (TPSA) is 107 Å². The third-order valence-corrected chi connectivity index (χ3v) is 9.73. The molecule has 10 heteroatoms. The average Bonchev–Trinajstić information content (AvgIpc) is 3.29. The van der Waals surface area contributed by atoms with Crippen molar-refractivity contribution >= 4 is 52.4 Å². The summed E-state index contributed by atoms with van der Waals surface area (Å²) in [7, 11) is 0. The van der Waals surface area contributed by atoms with Crippen LogP contribution in [0.4, 0.5) is 11.4 Å². The normalized spacial score (nSPS) is 25.0. The van der Waals surface area contributed by atoms with Crippen molar-refractivity contribution in [1.29, 1.82) is 0 Å². The quantitative estimate of drug-likeness (QED) is 0.0910. The first kappa shape index (κ1) is 26.4. The molecule has 4 aromatic carbocycles. The van der Waals surface area contributed by atoms with E-state index in [0.29, 0.717) is 27.8 Å². The van der Waals surface area contributed by atoms with Crippen molar-refractivity contribution in [2.75, 3.05) is 4.90 Å². The highest BCUT2D eigenvalue weighted by Crippen LogP contribution is 2.69. The summed E-state index contributed by atoms with van der Waals surface area (Å²) in [6, 6.07) is 26.5. The van der Waals surface area contributed by atoms with E-state index in [1.54, 1.807) is 12.1 Å².